The van der Waals surface area contributed by atoms with E-state index in [9.17, 15) is 0 Å². The van der Waals surface area contributed by atoms with Crippen LogP contribution in [0.5, 0.6) is 11.5 Å². The van der Waals surface area contributed by atoms with E-state index in [1.165, 1.54) is 23.5 Å². The van der Waals surface area contributed by atoms with Gasteiger partial charge in [-0.1, -0.05) is 72.2 Å². The smallest absolute Gasteiger partial charge is 0.153 e. The first kappa shape index (κ1) is 24.1. The van der Waals surface area contributed by atoms with Gasteiger partial charge >= 0.3 is 0 Å². The molecule has 6 nitrogen and oxygen atoms in total. The Hall–Kier alpha value is -2.14. The molecule has 0 unspecified atom stereocenters. The molecule has 158 valence electrons. The predicted molar refractivity (Wildman–Crippen MR) is 138 cm³/mol. The molecule has 0 saturated carbocycles. The zero-order valence-electron chi connectivity index (χ0n) is 16.5. The van der Waals surface area contributed by atoms with Gasteiger partial charge in [0, 0.05) is 11.1 Å². The number of benzene rings is 2. The third-order valence-corrected chi connectivity index (χ3v) is 5.63. The molecule has 10 heteroatoms. The largest absolute Gasteiger partial charge is 0.489 e. The van der Waals surface area contributed by atoms with Crippen LogP contribution in [0.15, 0.2) is 58.7 Å². The van der Waals surface area contributed by atoms with Crippen molar-refractivity contribution >= 4 is 69.0 Å². The van der Waals surface area contributed by atoms with Crippen LogP contribution >= 0.6 is 48.0 Å². The average molecular weight is 479 g/mol. The van der Waals surface area contributed by atoms with Crippen molar-refractivity contribution in [1.82, 2.24) is 10.9 Å². The molecule has 2 rings (SSSR count). The summed E-state index contributed by atoms with van der Waals surface area (Å²) >= 11 is 13.0. The lowest BCUT2D eigenvalue weighted by molar-refractivity contribution is 0.217. The molecule has 0 spiro atoms. The van der Waals surface area contributed by atoms with Gasteiger partial charge in [-0.3, -0.25) is 10.9 Å². The molecular formula is C20H22N4O2S4. The number of para-hydroxylation sites is 2. The average Bonchev–Trinajstić information content (AvgIpc) is 2.78. The van der Waals surface area contributed by atoms with Crippen molar-refractivity contribution in [2.75, 3.05) is 25.7 Å². The Morgan fingerprint density at radius 3 is 1.60 bits per heavy atom. The molecule has 2 aromatic rings. The second-order valence-electron chi connectivity index (χ2n) is 5.50. The van der Waals surface area contributed by atoms with Crippen molar-refractivity contribution in [2.45, 2.75) is 0 Å². The number of nitrogens with zero attached hydrogens (tertiary/aromatic N) is 2. The highest BCUT2D eigenvalue weighted by Gasteiger charge is 2.03. The lowest BCUT2D eigenvalue weighted by Crippen LogP contribution is -2.12. The molecule has 0 amide bonds. The summed E-state index contributed by atoms with van der Waals surface area (Å²) in [7, 11) is 0. The van der Waals surface area contributed by atoms with Gasteiger partial charge in [0.05, 0.1) is 12.4 Å². The zero-order chi connectivity index (χ0) is 21.6. The summed E-state index contributed by atoms with van der Waals surface area (Å²) in [5.74, 6) is 1.43. The normalized spacial score (nSPS) is 10.9. The molecule has 0 aromatic heterocycles. The molecule has 0 heterocycles. The van der Waals surface area contributed by atoms with Crippen LogP contribution in [0.1, 0.15) is 11.1 Å². The predicted octanol–water partition coefficient (Wildman–Crippen LogP) is 4.29. The lowest BCUT2D eigenvalue weighted by Gasteiger charge is -2.11. The van der Waals surface area contributed by atoms with E-state index in [-0.39, 0.29) is 0 Å². The van der Waals surface area contributed by atoms with E-state index < -0.39 is 0 Å². The van der Waals surface area contributed by atoms with Gasteiger partial charge in [-0.2, -0.15) is 10.2 Å². The number of nitrogens with one attached hydrogen (secondary N) is 2. The molecule has 0 radical (unpaired) electrons. The minimum absolute atomic E-state index is 0.377. The fraction of sp³-hybridized carbons (Fsp3) is 0.200. The fourth-order valence-corrected chi connectivity index (χ4v) is 2.53. The first-order valence-electron chi connectivity index (χ1n) is 8.81. The summed E-state index contributed by atoms with van der Waals surface area (Å²) in [5, 5.41) is 8.26. The van der Waals surface area contributed by atoms with E-state index in [4.69, 9.17) is 33.9 Å². The van der Waals surface area contributed by atoms with Crippen LogP contribution < -0.4 is 20.3 Å². The fourth-order valence-electron chi connectivity index (χ4n) is 2.14. The van der Waals surface area contributed by atoms with Crippen LogP contribution in [0.25, 0.3) is 0 Å². The van der Waals surface area contributed by atoms with Gasteiger partial charge in [0.25, 0.3) is 0 Å². The van der Waals surface area contributed by atoms with Crippen LogP contribution in [0.2, 0.25) is 0 Å². The van der Waals surface area contributed by atoms with Crippen LogP contribution in [0.3, 0.4) is 0 Å². The number of thiocarbonyl (C=S) groups is 2. The maximum atomic E-state index is 5.86. The Balaban J connectivity index is 1.89. The van der Waals surface area contributed by atoms with Gasteiger partial charge in [0.2, 0.25) is 0 Å². The van der Waals surface area contributed by atoms with E-state index in [1.807, 2.05) is 61.0 Å². The topological polar surface area (TPSA) is 67.2 Å². The van der Waals surface area contributed by atoms with E-state index >= 15 is 0 Å². The summed E-state index contributed by atoms with van der Waals surface area (Å²) in [5.41, 5.74) is 7.26. The number of ether oxygens (including phenoxy) is 2. The Labute approximate surface area is 195 Å². The van der Waals surface area contributed by atoms with Gasteiger partial charge in [0.1, 0.15) is 24.7 Å². The molecule has 0 fully saturated rings. The lowest BCUT2D eigenvalue weighted by atomic mass is 10.2. The van der Waals surface area contributed by atoms with E-state index in [0.717, 1.165) is 11.1 Å². The standard InChI is InChI=1S/C20H22N4O2S4/c1-29-19(27)23-21-13-15-7-3-5-9-17(15)25-11-12-26-18-10-6-4-8-16(18)14-22-24-20(28)30-2/h3-10,13-14H,11-12H2,1-2H3,(H,23,27)(H,24,28)/b21-13+,22-14+. The first-order chi connectivity index (χ1) is 14.6. The molecule has 0 atom stereocenters. The second-order valence-corrected chi connectivity index (χ2v) is 8.46. The van der Waals surface area contributed by atoms with E-state index in [1.54, 1.807) is 12.4 Å². The molecule has 2 N–H and O–H groups in total. The highest BCUT2D eigenvalue weighted by molar-refractivity contribution is 8.22. The Bertz CT molecular complexity index is 832. The number of hydrogen-bond donors (Lipinski definition) is 2. The minimum atomic E-state index is 0.377. The molecule has 0 aliphatic heterocycles. The van der Waals surface area contributed by atoms with Gasteiger partial charge in [-0.25, -0.2) is 0 Å². The van der Waals surface area contributed by atoms with Crippen LogP contribution in [-0.4, -0.2) is 46.8 Å². The van der Waals surface area contributed by atoms with Crippen molar-refractivity contribution in [3.63, 3.8) is 0 Å². The minimum Gasteiger partial charge on any atom is -0.489 e. The summed E-state index contributed by atoms with van der Waals surface area (Å²) in [6, 6.07) is 15.3. The first-order valence-corrected chi connectivity index (χ1v) is 12.1. The van der Waals surface area contributed by atoms with Gasteiger partial charge in [-0.05, 0) is 36.8 Å². The third-order valence-electron chi connectivity index (χ3n) is 3.53. The van der Waals surface area contributed by atoms with Crippen molar-refractivity contribution in [3.05, 3.63) is 59.7 Å². The molecule has 0 bridgehead atoms. The van der Waals surface area contributed by atoms with Crippen molar-refractivity contribution < 1.29 is 9.47 Å². The molecular weight excluding hydrogens is 457 g/mol. The maximum absolute atomic E-state index is 5.86. The van der Waals surface area contributed by atoms with Crippen LogP contribution in [-0.2, 0) is 0 Å². The highest BCUT2D eigenvalue weighted by Crippen LogP contribution is 2.18. The summed E-state index contributed by atoms with van der Waals surface area (Å²) in [6.45, 7) is 0.754. The van der Waals surface area contributed by atoms with Crippen molar-refractivity contribution in [3.8, 4) is 11.5 Å². The van der Waals surface area contributed by atoms with Gasteiger partial charge in [0.15, 0.2) is 8.64 Å². The molecule has 0 aliphatic carbocycles. The van der Waals surface area contributed by atoms with Crippen LogP contribution in [0.4, 0.5) is 0 Å². The summed E-state index contributed by atoms with van der Waals surface area (Å²) in [6.07, 6.45) is 7.13. The van der Waals surface area contributed by atoms with Gasteiger partial charge in [-0.15, -0.1) is 0 Å². The Kier molecular flexibility index (Phi) is 11.2. The quantitative estimate of drug-likeness (QED) is 0.240. The molecule has 2 aromatic carbocycles. The highest BCUT2D eigenvalue weighted by atomic mass is 32.2. The number of hydrogen-bond acceptors (Lipinski definition) is 8. The van der Waals surface area contributed by atoms with E-state index in [0.29, 0.717) is 33.4 Å². The Morgan fingerprint density at radius 2 is 1.20 bits per heavy atom. The maximum Gasteiger partial charge on any atom is 0.153 e. The Morgan fingerprint density at radius 1 is 0.800 bits per heavy atom. The van der Waals surface area contributed by atoms with E-state index in [2.05, 4.69) is 21.1 Å². The monoisotopic (exact) mass is 478 g/mol. The van der Waals surface area contributed by atoms with Crippen LogP contribution in [0, 0.1) is 0 Å². The second kappa shape index (κ2) is 14.0. The number of thioether (sulfide) groups is 2. The van der Waals surface area contributed by atoms with Crippen molar-refractivity contribution in [1.29, 1.82) is 0 Å². The summed E-state index contributed by atoms with van der Waals surface area (Å²) in [4.78, 5) is 0. The van der Waals surface area contributed by atoms with Gasteiger partial charge < -0.3 is 9.47 Å². The number of hydrazone groups is 2. The molecule has 0 saturated heterocycles. The third kappa shape index (κ3) is 8.70. The van der Waals surface area contributed by atoms with Crippen molar-refractivity contribution in [2.24, 2.45) is 10.2 Å². The molecule has 30 heavy (non-hydrogen) atoms. The summed E-state index contributed by atoms with van der Waals surface area (Å²) < 4.78 is 12.9. The molecule has 0 aliphatic rings. The SMILES string of the molecule is CSC(=S)N/N=C/c1ccccc1OCCOc1ccccc1/C=N/NC(=S)SC. The zero-order valence-corrected chi connectivity index (χ0v) is 19.8. The number of rotatable bonds is 9.